The standard InChI is InChI=1S/C12H24N2O/c1-3-10(2)14-6-4-11(5-7-14)13-12-8-15-9-12/h10-13H,3-9H2,1-2H3. The molecule has 3 heteroatoms. The molecule has 0 aromatic heterocycles. The molecule has 1 unspecified atom stereocenters. The predicted molar refractivity (Wildman–Crippen MR) is 62.1 cm³/mol. The van der Waals surface area contributed by atoms with Crippen molar-refractivity contribution in [1.82, 2.24) is 10.2 Å². The summed E-state index contributed by atoms with van der Waals surface area (Å²) >= 11 is 0. The quantitative estimate of drug-likeness (QED) is 0.759. The summed E-state index contributed by atoms with van der Waals surface area (Å²) in [4.78, 5) is 2.62. The lowest BCUT2D eigenvalue weighted by Crippen LogP contribution is -2.54. The van der Waals surface area contributed by atoms with Gasteiger partial charge in [0.1, 0.15) is 0 Å². The van der Waals surface area contributed by atoms with E-state index in [1.807, 2.05) is 0 Å². The molecule has 15 heavy (non-hydrogen) atoms. The van der Waals surface area contributed by atoms with E-state index in [9.17, 15) is 0 Å². The average Bonchev–Trinajstić information content (AvgIpc) is 2.23. The van der Waals surface area contributed by atoms with Gasteiger partial charge in [0.25, 0.3) is 0 Å². The number of nitrogens with zero attached hydrogens (tertiary/aromatic N) is 1. The van der Waals surface area contributed by atoms with Gasteiger partial charge in [0.05, 0.1) is 19.3 Å². The summed E-state index contributed by atoms with van der Waals surface area (Å²) in [6.45, 7) is 8.99. The van der Waals surface area contributed by atoms with E-state index in [-0.39, 0.29) is 0 Å². The summed E-state index contributed by atoms with van der Waals surface area (Å²) in [5.74, 6) is 0. The molecular weight excluding hydrogens is 188 g/mol. The molecule has 2 saturated heterocycles. The Morgan fingerprint density at radius 1 is 1.27 bits per heavy atom. The maximum absolute atomic E-state index is 5.18. The Hall–Kier alpha value is -0.120. The highest BCUT2D eigenvalue weighted by Gasteiger charge is 2.26. The van der Waals surface area contributed by atoms with Crippen LogP contribution in [-0.4, -0.2) is 49.3 Å². The lowest BCUT2D eigenvalue weighted by atomic mass is 10.0. The van der Waals surface area contributed by atoms with Gasteiger partial charge in [0.2, 0.25) is 0 Å². The van der Waals surface area contributed by atoms with Crippen LogP contribution < -0.4 is 5.32 Å². The number of hydrogen-bond donors (Lipinski definition) is 1. The highest BCUT2D eigenvalue weighted by atomic mass is 16.5. The molecule has 0 bridgehead atoms. The second kappa shape index (κ2) is 5.28. The molecule has 2 fully saturated rings. The molecule has 1 N–H and O–H groups in total. The Kier molecular flexibility index (Phi) is 4.00. The van der Waals surface area contributed by atoms with Crippen molar-refractivity contribution in [3.05, 3.63) is 0 Å². The first-order valence-electron chi connectivity index (χ1n) is 6.37. The van der Waals surface area contributed by atoms with Crippen LogP contribution in [0.2, 0.25) is 0 Å². The Morgan fingerprint density at radius 2 is 1.93 bits per heavy atom. The third-order valence-electron chi connectivity index (χ3n) is 3.85. The maximum atomic E-state index is 5.18. The fourth-order valence-electron chi connectivity index (χ4n) is 2.43. The van der Waals surface area contributed by atoms with Gasteiger partial charge >= 0.3 is 0 Å². The van der Waals surface area contributed by atoms with Crippen molar-refractivity contribution in [3.63, 3.8) is 0 Å². The van der Waals surface area contributed by atoms with Crippen molar-refractivity contribution in [2.45, 2.75) is 51.2 Å². The van der Waals surface area contributed by atoms with Crippen LogP contribution in [0.25, 0.3) is 0 Å². The largest absolute Gasteiger partial charge is 0.378 e. The smallest absolute Gasteiger partial charge is 0.0643 e. The van der Waals surface area contributed by atoms with E-state index < -0.39 is 0 Å². The van der Waals surface area contributed by atoms with Crippen molar-refractivity contribution >= 4 is 0 Å². The minimum Gasteiger partial charge on any atom is -0.378 e. The third-order valence-corrected chi connectivity index (χ3v) is 3.85. The first-order valence-corrected chi connectivity index (χ1v) is 6.37. The first-order chi connectivity index (χ1) is 7.29. The zero-order valence-corrected chi connectivity index (χ0v) is 10.0. The van der Waals surface area contributed by atoms with Gasteiger partial charge < -0.3 is 15.0 Å². The lowest BCUT2D eigenvalue weighted by Gasteiger charge is -2.39. The molecule has 2 aliphatic rings. The van der Waals surface area contributed by atoms with Crippen LogP contribution in [0.5, 0.6) is 0 Å². The molecule has 2 aliphatic heterocycles. The van der Waals surface area contributed by atoms with Gasteiger partial charge in [-0.25, -0.2) is 0 Å². The number of nitrogens with one attached hydrogen (secondary N) is 1. The topological polar surface area (TPSA) is 24.5 Å². The highest BCUT2D eigenvalue weighted by molar-refractivity contribution is 4.84. The van der Waals surface area contributed by atoms with E-state index in [4.69, 9.17) is 4.74 Å². The first kappa shape index (κ1) is 11.4. The van der Waals surface area contributed by atoms with E-state index in [0.717, 1.165) is 25.3 Å². The number of piperidine rings is 1. The minimum atomic E-state index is 0.644. The molecule has 0 aromatic carbocycles. The van der Waals surface area contributed by atoms with Crippen LogP contribution in [-0.2, 0) is 4.74 Å². The number of ether oxygens (including phenoxy) is 1. The minimum absolute atomic E-state index is 0.644. The summed E-state index contributed by atoms with van der Waals surface area (Å²) in [7, 11) is 0. The molecule has 0 saturated carbocycles. The second-order valence-corrected chi connectivity index (χ2v) is 4.97. The molecule has 2 heterocycles. The summed E-state index contributed by atoms with van der Waals surface area (Å²) in [5, 5.41) is 3.68. The monoisotopic (exact) mass is 212 g/mol. The highest BCUT2D eigenvalue weighted by Crippen LogP contribution is 2.16. The molecule has 0 aliphatic carbocycles. The Morgan fingerprint density at radius 3 is 2.40 bits per heavy atom. The van der Waals surface area contributed by atoms with Crippen molar-refractivity contribution in [1.29, 1.82) is 0 Å². The molecule has 0 amide bonds. The summed E-state index contributed by atoms with van der Waals surface area (Å²) in [6.07, 6.45) is 3.89. The van der Waals surface area contributed by atoms with Gasteiger partial charge in [-0.2, -0.15) is 0 Å². The number of likely N-dealkylation sites (tertiary alicyclic amines) is 1. The van der Waals surface area contributed by atoms with Crippen molar-refractivity contribution in [3.8, 4) is 0 Å². The van der Waals surface area contributed by atoms with Crippen LogP contribution in [0.1, 0.15) is 33.1 Å². The van der Waals surface area contributed by atoms with Crippen LogP contribution in [0.4, 0.5) is 0 Å². The molecule has 0 aromatic rings. The molecule has 2 rings (SSSR count). The van der Waals surface area contributed by atoms with Gasteiger partial charge in [-0.05, 0) is 39.3 Å². The van der Waals surface area contributed by atoms with Crippen LogP contribution in [0.15, 0.2) is 0 Å². The van der Waals surface area contributed by atoms with E-state index in [1.165, 1.54) is 32.4 Å². The molecule has 3 nitrogen and oxygen atoms in total. The summed E-state index contributed by atoms with van der Waals surface area (Å²) < 4.78 is 5.18. The zero-order valence-electron chi connectivity index (χ0n) is 10.0. The number of rotatable bonds is 4. The Labute approximate surface area is 93.2 Å². The molecule has 88 valence electrons. The van der Waals surface area contributed by atoms with Crippen LogP contribution in [0, 0.1) is 0 Å². The van der Waals surface area contributed by atoms with Crippen molar-refractivity contribution < 1.29 is 4.74 Å². The fraction of sp³-hybridized carbons (Fsp3) is 1.00. The normalized spacial score (nSPS) is 27.6. The van der Waals surface area contributed by atoms with E-state index in [1.54, 1.807) is 0 Å². The predicted octanol–water partition coefficient (Wildman–Crippen LogP) is 1.24. The molecule has 0 radical (unpaired) electrons. The summed E-state index contributed by atoms with van der Waals surface area (Å²) in [6, 6.07) is 2.14. The zero-order chi connectivity index (χ0) is 10.7. The third kappa shape index (κ3) is 2.92. The van der Waals surface area contributed by atoms with Gasteiger partial charge in [0.15, 0.2) is 0 Å². The Balaban J connectivity index is 1.67. The Bertz CT molecular complexity index is 186. The van der Waals surface area contributed by atoms with E-state index in [2.05, 4.69) is 24.1 Å². The molecule has 0 spiro atoms. The van der Waals surface area contributed by atoms with Gasteiger partial charge in [-0.15, -0.1) is 0 Å². The van der Waals surface area contributed by atoms with Gasteiger partial charge in [-0.1, -0.05) is 6.92 Å². The molecular formula is C12H24N2O. The van der Waals surface area contributed by atoms with Crippen LogP contribution >= 0.6 is 0 Å². The maximum Gasteiger partial charge on any atom is 0.0643 e. The van der Waals surface area contributed by atoms with E-state index in [0.29, 0.717) is 6.04 Å². The van der Waals surface area contributed by atoms with Gasteiger partial charge in [-0.3, -0.25) is 0 Å². The lowest BCUT2D eigenvalue weighted by molar-refractivity contribution is -0.0143. The van der Waals surface area contributed by atoms with Gasteiger partial charge in [0, 0.05) is 12.1 Å². The fourth-order valence-corrected chi connectivity index (χ4v) is 2.43. The molecule has 1 atom stereocenters. The number of hydrogen-bond acceptors (Lipinski definition) is 3. The second-order valence-electron chi connectivity index (χ2n) is 4.97. The van der Waals surface area contributed by atoms with Crippen LogP contribution in [0.3, 0.4) is 0 Å². The summed E-state index contributed by atoms with van der Waals surface area (Å²) in [5.41, 5.74) is 0. The van der Waals surface area contributed by atoms with E-state index >= 15 is 0 Å². The van der Waals surface area contributed by atoms with Crippen molar-refractivity contribution in [2.75, 3.05) is 26.3 Å². The average molecular weight is 212 g/mol. The SMILES string of the molecule is CCC(C)N1CCC(NC2COC2)CC1. The van der Waals surface area contributed by atoms with Crippen molar-refractivity contribution in [2.24, 2.45) is 0 Å².